The van der Waals surface area contributed by atoms with Gasteiger partial charge in [-0.1, -0.05) is 12.1 Å². The van der Waals surface area contributed by atoms with Crippen LogP contribution in [0.4, 0.5) is 0 Å². The first-order valence-electron chi connectivity index (χ1n) is 6.85. The van der Waals surface area contributed by atoms with Gasteiger partial charge in [0.05, 0.1) is 0 Å². The molecule has 19 heavy (non-hydrogen) atoms. The van der Waals surface area contributed by atoms with Gasteiger partial charge in [0.15, 0.2) is 0 Å². The van der Waals surface area contributed by atoms with Crippen LogP contribution in [0.1, 0.15) is 24.1 Å². The number of H-pyrrole nitrogens is 1. The Labute approximate surface area is 112 Å². The molecular weight excluding hydrogens is 238 g/mol. The summed E-state index contributed by atoms with van der Waals surface area (Å²) in [7, 11) is 0. The first kappa shape index (κ1) is 11.1. The van der Waals surface area contributed by atoms with Crippen molar-refractivity contribution in [3.63, 3.8) is 0 Å². The smallest absolute Gasteiger partial charge is 0.140 e. The quantitative estimate of drug-likeness (QED) is 0.759. The van der Waals surface area contributed by atoms with E-state index in [0.717, 1.165) is 48.6 Å². The van der Waals surface area contributed by atoms with Gasteiger partial charge in [-0.2, -0.15) is 5.10 Å². The number of aryl methyl sites for hydroxylation is 1. The zero-order valence-corrected chi connectivity index (χ0v) is 11.0. The molecule has 2 aliphatic heterocycles. The summed E-state index contributed by atoms with van der Waals surface area (Å²) < 4.78 is 6.43. The third kappa shape index (κ3) is 1.46. The van der Waals surface area contributed by atoms with Crippen LogP contribution in [0.3, 0.4) is 0 Å². The SMILES string of the molecule is Cc1[nH]nc2c1C1(CCNCC1)Oc1ccccc1-2. The topological polar surface area (TPSA) is 49.9 Å². The zero-order valence-electron chi connectivity index (χ0n) is 11.0. The molecule has 4 rings (SSSR count). The van der Waals surface area contributed by atoms with E-state index in [1.54, 1.807) is 0 Å². The van der Waals surface area contributed by atoms with E-state index in [2.05, 4.69) is 28.5 Å². The van der Waals surface area contributed by atoms with Gasteiger partial charge < -0.3 is 10.1 Å². The van der Waals surface area contributed by atoms with Crippen LogP contribution in [-0.2, 0) is 5.60 Å². The number of benzene rings is 1. The van der Waals surface area contributed by atoms with E-state index in [4.69, 9.17) is 4.74 Å². The van der Waals surface area contributed by atoms with Crippen LogP contribution in [0.15, 0.2) is 24.3 Å². The lowest BCUT2D eigenvalue weighted by molar-refractivity contribution is 0.0302. The number of fused-ring (bicyclic) bond motifs is 4. The van der Waals surface area contributed by atoms with Gasteiger partial charge in [-0.05, 0) is 32.1 Å². The highest BCUT2D eigenvalue weighted by atomic mass is 16.5. The zero-order chi connectivity index (χ0) is 12.9. The predicted molar refractivity (Wildman–Crippen MR) is 73.2 cm³/mol. The Balaban J connectivity index is 1.96. The lowest BCUT2D eigenvalue weighted by Gasteiger charge is -2.41. The Morgan fingerprint density at radius 1 is 1.21 bits per heavy atom. The predicted octanol–water partition coefficient (Wildman–Crippen LogP) is 2.36. The van der Waals surface area contributed by atoms with Crippen molar-refractivity contribution in [2.75, 3.05) is 13.1 Å². The molecule has 1 aromatic carbocycles. The van der Waals surface area contributed by atoms with E-state index in [1.807, 2.05) is 18.2 Å². The average Bonchev–Trinajstić information content (AvgIpc) is 2.83. The number of nitrogens with one attached hydrogen (secondary N) is 2. The summed E-state index contributed by atoms with van der Waals surface area (Å²) in [4.78, 5) is 0. The van der Waals surface area contributed by atoms with Crippen molar-refractivity contribution in [1.82, 2.24) is 15.5 Å². The third-order valence-corrected chi connectivity index (χ3v) is 4.26. The van der Waals surface area contributed by atoms with Crippen LogP contribution in [0, 0.1) is 6.92 Å². The number of hydrogen-bond acceptors (Lipinski definition) is 3. The monoisotopic (exact) mass is 255 g/mol. The Morgan fingerprint density at radius 2 is 2.00 bits per heavy atom. The Hall–Kier alpha value is -1.81. The minimum Gasteiger partial charge on any atom is -0.482 e. The van der Waals surface area contributed by atoms with E-state index >= 15 is 0 Å². The van der Waals surface area contributed by atoms with Crippen LogP contribution in [-0.4, -0.2) is 23.3 Å². The Kier molecular flexibility index (Phi) is 2.23. The van der Waals surface area contributed by atoms with E-state index in [9.17, 15) is 0 Å². The van der Waals surface area contributed by atoms with Gasteiger partial charge in [-0.15, -0.1) is 0 Å². The summed E-state index contributed by atoms with van der Waals surface area (Å²) in [6.45, 7) is 4.07. The summed E-state index contributed by atoms with van der Waals surface area (Å²) >= 11 is 0. The highest BCUT2D eigenvalue weighted by Gasteiger charge is 2.44. The maximum atomic E-state index is 6.43. The van der Waals surface area contributed by atoms with Gasteiger partial charge in [0.1, 0.15) is 17.0 Å². The molecule has 1 aromatic heterocycles. The number of nitrogens with zero attached hydrogens (tertiary/aromatic N) is 1. The van der Waals surface area contributed by atoms with E-state index in [1.165, 1.54) is 5.56 Å². The fourth-order valence-electron chi connectivity index (χ4n) is 3.38. The second-order valence-electron chi connectivity index (χ2n) is 5.41. The molecule has 0 aliphatic carbocycles. The average molecular weight is 255 g/mol. The number of aromatic amines is 1. The number of para-hydroxylation sites is 1. The van der Waals surface area contributed by atoms with Crippen molar-refractivity contribution < 1.29 is 4.74 Å². The standard InChI is InChI=1S/C15H17N3O/c1-10-13-14(18-17-10)11-4-2-3-5-12(11)19-15(13)6-8-16-9-7-15/h2-5,16H,6-9H2,1H3,(H,17,18). The molecule has 1 fully saturated rings. The molecule has 1 saturated heterocycles. The van der Waals surface area contributed by atoms with Gasteiger partial charge in [0.25, 0.3) is 0 Å². The van der Waals surface area contributed by atoms with Crippen molar-refractivity contribution in [1.29, 1.82) is 0 Å². The molecule has 0 amide bonds. The number of piperidine rings is 1. The van der Waals surface area contributed by atoms with Crippen molar-refractivity contribution in [2.45, 2.75) is 25.4 Å². The molecule has 3 heterocycles. The molecule has 4 nitrogen and oxygen atoms in total. The van der Waals surface area contributed by atoms with Gasteiger partial charge in [0.2, 0.25) is 0 Å². The number of ether oxygens (including phenoxy) is 1. The van der Waals surface area contributed by atoms with Crippen molar-refractivity contribution in [2.24, 2.45) is 0 Å². The van der Waals surface area contributed by atoms with E-state index < -0.39 is 0 Å². The highest BCUT2D eigenvalue weighted by molar-refractivity contribution is 5.74. The third-order valence-electron chi connectivity index (χ3n) is 4.26. The van der Waals surface area contributed by atoms with Gasteiger partial charge in [-0.25, -0.2) is 0 Å². The lowest BCUT2D eigenvalue weighted by Crippen LogP contribution is -2.45. The van der Waals surface area contributed by atoms with Crippen LogP contribution in [0.5, 0.6) is 5.75 Å². The maximum Gasteiger partial charge on any atom is 0.140 e. The van der Waals surface area contributed by atoms with Crippen molar-refractivity contribution >= 4 is 0 Å². The molecule has 4 heteroatoms. The molecule has 0 atom stereocenters. The second kappa shape index (κ2) is 3.84. The summed E-state index contributed by atoms with van der Waals surface area (Å²) in [5.41, 5.74) is 4.36. The summed E-state index contributed by atoms with van der Waals surface area (Å²) in [6, 6.07) is 8.20. The van der Waals surface area contributed by atoms with Crippen LogP contribution >= 0.6 is 0 Å². The fourth-order valence-corrected chi connectivity index (χ4v) is 3.38. The van der Waals surface area contributed by atoms with Crippen LogP contribution in [0.25, 0.3) is 11.3 Å². The maximum absolute atomic E-state index is 6.43. The number of aromatic nitrogens is 2. The normalized spacial score (nSPS) is 19.6. The first-order valence-corrected chi connectivity index (χ1v) is 6.85. The Morgan fingerprint density at radius 3 is 2.84 bits per heavy atom. The summed E-state index contributed by atoms with van der Waals surface area (Å²) in [5.74, 6) is 0.961. The molecule has 0 bridgehead atoms. The molecular formula is C15H17N3O. The lowest BCUT2D eigenvalue weighted by atomic mass is 9.80. The highest BCUT2D eigenvalue weighted by Crippen LogP contribution is 2.48. The molecule has 2 aromatic rings. The largest absolute Gasteiger partial charge is 0.482 e. The van der Waals surface area contributed by atoms with Crippen LogP contribution < -0.4 is 10.1 Å². The molecule has 0 saturated carbocycles. The van der Waals surface area contributed by atoms with Crippen LogP contribution in [0.2, 0.25) is 0 Å². The molecule has 2 aliphatic rings. The Bertz CT molecular complexity index is 626. The fraction of sp³-hybridized carbons (Fsp3) is 0.400. The molecule has 98 valence electrons. The van der Waals surface area contributed by atoms with E-state index in [0.29, 0.717) is 0 Å². The van der Waals surface area contributed by atoms with E-state index in [-0.39, 0.29) is 5.60 Å². The molecule has 2 N–H and O–H groups in total. The van der Waals surface area contributed by atoms with Crippen molar-refractivity contribution in [3.05, 3.63) is 35.5 Å². The number of rotatable bonds is 0. The van der Waals surface area contributed by atoms with Gasteiger partial charge >= 0.3 is 0 Å². The van der Waals surface area contributed by atoms with Gasteiger partial charge in [-0.3, -0.25) is 5.10 Å². The number of hydrogen-bond donors (Lipinski definition) is 2. The molecule has 0 radical (unpaired) electrons. The summed E-state index contributed by atoms with van der Waals surface area (Å²) in [6.07, 6.45) is 1.99. The molecule has 0 unspecified atom stereocenters. The summed E-state index contributed by atoms with van der Waals surface area (Å²) in [5, 5.41) is 11.1. The van der Waals surface area contributed by atoms with Crippen molar-refractivity contribution in [3.8, 4) is 17.0 Å². The second-order valence-corrected chi connectivity index (χ2v) is 5.41. The first-order chi connectivity index (χ1) is 9.30. The van der Waals surface area contributed by atoms with Gasteiger partial charge in [0, 0.05) is 29.7 Å². The molecule has 1 spiro atoms. The minimum absolute atomic E-state index is 0.202. The minimum atomic E-state index is -0.202.